The van der Waals surface area contributed by atoms with Crippen LogP contribution in [-0.4, -0.2) is 43.8 Å². The first-order chi connectivity index (χ1) is 13.3. The highest BCUT2D eigenvalue weighted by Crippen LogP contribution is 2.38. The van der Waals surface area contributed by atoms with Crippen LogP contribution < -0.4 is 10.0 Å². The number of nitrogens with zero attached hydrogens (tertiary/aromatic N) is 1. The number of carbonyl (C=O) groups is 2. The van der Waals surface area contributed by atoms with Crippen molar-refractivity contribution in [2.75, 3.05) is 27.2 Å². The summed E-state index contributed by atoms with van der Waals surface area (Å²) < 4.78 is 13.4. The predicted molar refractivity (Wildman–Crippen MR) is 102 cm³/mol. The summed E-state index contributed by atoms with van der Waals surface area (Å²) in [5, 5.41) is 13.5. The number of halogens is 2. The summed E-state index contributed by atoms with van der Waals surface area (Å²) in [6, 6.07) is 10.8. The molecule has 0 radical (unpaired) electrons. The van der Waals surface area contributed by atoms with Crippen LogP contribution in [0.15, 0.2) is 54.1 Å². The summed E-state index contributed by atoms with van der Waals surface area (Å²) in [5.41, 5.74) is 0.673. The molecule has 28 heavy (non-hydrogen) atoms. The molecule has 1 unspecified atom stereocenters. The van der Waals surface area contributed by atoms with E-state index in [0.29, 0.717) is 23.7 Å². The second-order valence-electron chi connectivity index (χ2n) is 6.99. The fourth-order valence-corrected chi connectivity index (χ4v) is 3.32. The molecule has 1 N–H and O–H groups in total. The number of ketones is 1. The van der Waals surface area contributed by atoms with Gasteiger partial charge in [-0.2, -0.15) is 0 Å². The summed E-state index contributed by atoms with van der Waals surface area (Å²) in [6.07, 6.45) is 0. The molecular weight excluding hydrogens is 383 g/mol. The van der Waals surface area contributed by atoms with E-state index < -0.39 is 29.3 Å². The van der Waals surface area contributed by atoms with E-state index in [1.165, 1.54) is 41.3 Å². The van der Waals surface area contributed by atoms with Gasteiger partial charge in [-0.25, -0.2) is 4.39 Å². The third kappa shape index (κ3) is 3.93. The Hall–Kier alpha value is -2.70. The van der Waals surface area contributed by atoms with Crippen molar-refractivity contribution in [2.45, 2.75) is 6.04 Å². The number of hydrogen-bond acceptors (Lipinski definition) is 3. The maximum atomic E-state index is 13.4. The van der Waals surface area contributed by atoms with Crippen LogP contribution in [-0.2, 0) is 9.59 Å². The molecule has 1 saturated heterocycles. The van der Waals surface area contributed by atoms with Crippen molar-refractivity contribution in [1.82, 2.24) is 4.90 Å². The lowest BCUT2D eigenvalue weighted by Gasteiger charge is -2.27. The monoisotopic (exact) mass is 402 g/mol. The number of quaternary nitrogens is 1. The molecule has 0 bridgehead atoms. The molecule has 146 valence electrons. The fraction of sp³-hybridized carbons (Fsp3) is 0.238. The highest BCUT2D eigenvalue weighted by molar-refractivity contribution is 6.46. The van der Waals surface area contributed by atoms with Gasteiger partial charge >= 0.3 is 0 Å². The number of carbonyl (C=O) groups excluding carboxylic acids is 2. The number of nitrogens with one attached hydrogen (secondary N) is 1. The number of rotatable bonds is 5. The number of hydrogen-bond donors (Lipinski definition) is 1. The van der Waals surface area contributed by atoms with E-state index in [1.54, 1.807) is 12.1 Å². The Morgan fingerprint density at radius 3 is 2.29 bits per heavy atom. The molecule has 2 aromatic rings. The summed E-state index contributed by atoms with van der Waals surface area (Å²) in [7, 11) is 3.86. The Bertz CT molecular complexity index is 924. The van der Waals surface area contributed by atoms with Gasteiger partial charge in [0.25, 0.3) is 5.91 Å². The Morgan fingerprint density at radius 2 is 1.71 bits per heavy atom. The standard InChI is InChI=1S/C21H20ClFN2O3/c1-24(2)11-12-25-18(13-5-9-16(23)10-6-13)17(20(27)21(25)28)19(26)14-3-7-15(22)8-4-14/h3-10,18,26H,11-12H2,1-2H3. The van der Waals surface area contributed by atoms with Gasteiger partial charge in [0.2, 0.25) is 5.78 Å². The molecule has 0 aliphatic carbocycles. The van der Waals surface area contributed by atoms with E-state index in [0.717, 1.165) is 4.90 Å². The van der Waals surface area contributed by atoms with Crippen LogP contribution in [0, 0.1) is 5.82 Å². The maximum absolute atomic E-state index is 13.4. The molecule has 1 amide bonds. The van der Waals surface area contributed by atoms with Gasteiger partial charge in [0.1, 0.15) is 5.82 Å². The highest BCUT2D eigenvalue weighted by Gasteiger charge is 2.44. The van der Waals surface area contributed by atoms with Crippen molar-refractivity contribution in [1.29, 1.82) is 0 Å². The van der Waals surface area contributed by atoms with Crippen molar-refractivity contribution in [2.24, 2.45) is 0 Å². The second-order valence-corrected chi connectivity index (χ2v) is 7.42. The van der Waals surface area contributed by atoms with Gasteiger partial charge in [-0.05, 0) is 35.4 Å². The Balaban J connectivity index is 2.13. The predicted octanol–water partition coefficient (Wildman–Crippen LogP) is 0.848. The van der Waals surface area contributed by atoms with Gasteiger partial charge < -0.3 is 14.9 Å². The number of benzene rings is 2. The first-order valence-corrected chi connectivity index (χ1v) is 9.24. The van der Waals surface area contributed by atoms with Crippen LogP contribution in [0.1, 0.15) is 17.2 Å². The molecule has 1 aliphatic rings. The van der Waals surface area contributed by atoms with Gasteiger partial charge in [-0.3, -0.25) is 9.59 Å². The number of likely N-dealkylation sites (tertiary alicyclic amines) is 1. The molecule has 1 heterocycles. The van der Waals surface area contributed by atoms with Gasteiger partial charge in [-0.15, -0.1) is 0 Å². The molecule has 0 spiro atoms. The number of amides is 1. The van der Waals surface area contributed by atoms with E-state index in [2.05, 4.69) is 0 Å². The molecular formula is C21H20ClFN2O3. The van der Waals surface area contributed by atoms with E-state index in [4.69, 9.17) is 11.6 Å². The van der Waals surface area contributed by atoms with E-state index in [9.17, 15) is 19.1 Å². The molecule has 0 saturated carbocycles. The number of Topliss-reactive ketones (excluding diaryl/α,β-unsaturated/α-hetero) is 1. The maximum Gasteiger partial charge on any atom is 0.295 e. The van der Waals surface area contributed by atoms with Crippen molar-refractivity contribution < 1.29 is 24.0 Å². The summed E-state index contributed by atoms with van der Waals surface area (Å²) in [4.78, 5) is 27.9. The lowest BCUT2D eigenvalue weighted by molar-refractivity contribution is -0.857. The average molecular weight is 403 g/mol. The smallest absolute Gasteiger partial charge is 0.295 e. The molecule has 3 rings (SSSR count). The van der Waals surface area contributed by atoms with Gasteiger partial charge in [0.05, 0.1) is 33.2 Å². The summed E-state index contributed by atoms with van der Waals surface area (Å²) >= 11 is 5.88. The minimum absolute atomic E-state index is 0.118. The normalized spacial score (nSPS) is 18.9. The molecule has 1 fully saturated rings. The van der Waals surface area contributed by atoms with Crippen LogP contribution in [0.2, 0.25) is 5.02 Å². The van der Waals surface area contributed by atoms with Crippen LogP contribution in [0.25, 0.3) is 5.76 Å². The number of likely N-dealkylation sites (N-methyl/N-ethyl adjacent to an activating group) is 1. The molecule has 1 atom stereocenters. The van der Waals surface area contributed by atoms with Crippen molar-refractivity contribution in [3.63, 3.8) is 0 Å². The van der Waals surface area contributed by atoms with Crippen LogP contribution in [0.5, 0.6) is 0 Å². The Labute approximate surface area is 167 Å². The van der Waals surface area contributed by atoms with Crippen LogP contribution in [0.4, 0.5) is 4.39 Å². The third-order valence-electron chi connectivity index (χ3n) is 4.67. The molecule has 2 aromatic carbocycles. The molecule has 1 aliphatic heterocycles. The topological polar surface area (TPSA) is 64.9 Å². The largest absolute Gasteiger partial charge is 0.872 e. The quantitative estimate of drug-likeness (QED) is 0.458. The van der Waals surface area contributed by atoms with Crippen LogP contribution in [0.3, 0.4) is 0 Å². The zero-order valence-corrected chi connectivity index (χ0v) is 16.3. The highest BCUT2D eigenvalue weighted by atomic mass is 35.5. The lowest BCUT2D eigenvalue weighted by Crippen LogP contribution is -3.06. The van der Waals surface area contributed by atoms with Gasteiger partial charge in [-0.1, -0.05) is 41.6 Å². The van der Waals surface area contributed by atoms with E-state index in [1.807, 2.05) is 14.1 Å². The molecule has 5 nitrogen and oxygen atoms in total. The first kappa shape index (κ1) is 20.0. The average Bonchev–Trinajstić information content (AvgIpc) is 2.91. The van der Waals surface area contributed by atoms with Crippen molar-refractivity contribution in [3.8, 4) is 0 Å². The zero-order chi connectivity index (χ0) is 20.4. The van der Waals surface area contributed by atoms with E-state index >= 15 is 0 Å². The minimum Gasteiger partial charge on any atom is -0.872 e. The summed E-state index contributed by atoms with van der Waals surface area (Å²) in [5.74, 6) is -2.49. The van der Waals surface area contributed by atoms with E-state index in [-0.39, 0.29) is 11.1 Å². The molecule has 7 heteroatoms. The Morgan fingerprint density at radius 1 is 1.11 bits per heavy atom. The third-order valence-corrected chi connectivity index (χ3v) is 4.93. The first-order valence-electron chi connectivity index (χ1n) is 8.86. The minimum atomic E-state index is -0.844. The second kappa shape index (κ2) is 8.12. The molecule has 0 aromatic heterocycles. The summed E-state index contributed by atoms with van der Waals surface area (Å²) in [6.45, 7) is 0.894. The SMILES string of the molecule is C[NH+](C)CCN1C(=O)C(=O)C(=C([O-])c2ccc(Cl)cc2)C1c1ccc(F)cc1. The van der Waals surface area contributed by atoms with Crippen LogP contribution >= 0.6 is 11.6 Å². The van der Waals surface area contributed by atoms with Crippen molar-refractivity contribution >= 4 is 29.1 Å². The van der Waals surface area contributed by atoms with Gasteiger partial charge in [0, 0.05) is 10.6 Å². The zero-order valence-electron chi connectivity index (χ0n) is 15.5. The van der Waals surface area contributed by atoms with Gasteiger partial charge in [0.15, 0.2) is 0 Å². The Kier molecular flexibility index (Phi) is 5.82. The van der Waals surface area contributed by atoms with Crippen molar-refractivity contribution in [3.05, 3.63) is 76.1 Å². The lowest BCUT2D eigenvalue weighted by atomic mass is 9.95. The fourth-order valence-electron chi connectivity index (χ4n) is 3.19.